The number of nitrogens with zero attached hydrogens (tertiary/aromatic N) is 5. The number of ether oxygens (including phenoxy) is 1. The van der Waals surface area contributed by atoms with Gasteiger partial charge in [0.1, 0.15) is 6.20 Å². The van der Waals surface area contributed by atoms with Crippen molar-refractivity contribution in [3.63, 3.8) is 0 Å². The zero-order valence-corrected chi connectivity index (χ0v) is 10.8. The normalized spacial score (nSPS) is 10.3. The highest BCUT2D eigenvalue weighted by Gasteiger charge is 2.15. The number of hydrogen-bond acceptors (Lipinski definition) is 7. The fraction of sp³-hybridized carbons (Fsp3) is 0.273. The maximum atomic E-state index is 11.5. The van der Waals surface area contributed by atoms with Gasteiger partial charge >= 0.3 is 5.97 Å². The van der Waals surface area contributed by atoms with Gasteiger partial charge in [0.15, 0.2) is 11.5 Å². The SMILES string of the molecule is CCOC(=O)c1cn(-c2cc(C)c([N+](=O)[O-])cn2)nn1. The largest absolute Gasteiger partial charge is 0.461 e. The summed E-state index contributed by atoms with van der Waals surface area (Å²) in [6, 6.07) is 1.49. The Morgan fingerprint density at radius 3 is 2.90 bits per heavy atom. The molecule has 9 nitrogen and oxygen atoms in total. The molecule has 2 aromatic rings. The van der Waals surface area contributed by atoms with E-state index in [1.165, 1.54) is 16.9 Å². The molecule has 2 aromatic heterocycles. The molecule has 0 fully saturated rings. The minimum Gasteiger partial charge on any atom is -0.461 e. The van der Waals surface area contributed by atoms with Crippen molar-refractivity contribution in [1.82, 2.24) is 20.0 Å². The maximum absolute atomic E-state index is 11.5. The van der Waals surface area contributed by atoms with Crippen molar-refractivity contribution >= 4 is 11.7 Å². The highest BCUT2D eigenvalue weighted by atomic mass is 16.6. The summed E-state index contributed by atoms with van der Waals surface area (Å²) in [6.07, 6.45) is 2.49. The van der Waals surface area contributed by atoms with E-state index in [0.717, 1.165) is 6.20 Å². The molecule has 0 radical (unpaired) electrons. The number of carbonyl (C=O) groups is 1. The minimum atomic E-state index is -0.586. The van der Waals surface area contributed by atoms with Crippen molar-refractivity contribution in [3.05, 3.63) is 39.8 Å². The average Bonchev–Trinajstić information content (AvgIpc) is 2.88. The quantitative estimate of drug-likeness (QED) is 0.466. The van der Waals surface area contributed by atoms with E-state index in [1.54, 1.807) is 13.8 Å². The molecule has 0 bridgehead atoms. The molecule has 2 rings (SSSR count). The van der Waals surface area contributed by atoms with Gasteiger partial charge in [0.25, 0.3) is 5.69 Å². The number of rotatable bonds is 4. The fourth-order valence-corrected chi connectivity index (χ4v) is 1.52. The second-order valence-electron chi connectivity index (χ2n) is 3.85. The lowest BCUT2D eigenvalue weighted by molar-refractivity contribution is -0.385. The van der Waals surface area contributed by atoms with Gasteiger partial charge in [0.2, 0.25) is 0 Å². The van der Waals surface area contributed by atoms with Crippen LogP contribution in [0.4, 0.5) is 5.69 Å². The predicted molar refractivity (Wildman–Crippen MR) is 66.5 cm³/mol. The monoisotopic (exact) mass is 277 g/mol. The van der Waals surface area contributed by atoms with E-state index in [0.29, 0.717) is 11.4 Å². The molecule has 0 saturated carbocycles. The van der Waals surface area contributed by atoms with Gasteiger partial charge in [-0.05, 0) is 19.9 Å². The van der Waals surface area contributed by atoms with Crippen molar-refractivity contribution in [2.75, 3.05) is 6.61 Å². The third-order valence-electron chi connectivity index (χ3n) is 2.48. The summed E-state index contributed by atoms with van der Waals surface area (Å²) in [6.45, 7) is 3.51. The van der Waals surface area contributed by atoms with E-state index >= 15 is 0 Å². The number of carbonyl (C=O) groups excluding carboxylic acids is 1. The first-order valence-corrected chi connectivity index (χ1v) is 5.73. The smallest absolute Gasteiger partial charge is 0.360 e. The zero-order valence-electron chi connectivity index (χ0n) is 10.8. The van der Waals surface area contributed by atoms with Crippen molar-refractivity contribution < 1.29 is 14.5 Å². The number of nitro groups is 1. The Bertz CT molecular complexity index is 667. The van der Waals surface area contributed by atoms with E-state index < -0.39 is 10.9 Å². The Kier molecular flexibility index (Phi) is 3.69. The van der Waals surface area contributed by atoms with Crippen LogP contribution in [0, 0.1) is 17.0 Å². The molecular formula is C11H11N5O4. The van der Waals surface area contributed by atoms with E-state index in [-0.39, 0.29) is 18.0 Å². The van der Waals surface area contributed by atoms with Crippen molar-refractivity contribution in [3.8, 4) is 5.82 Å². The van der Waals surface area contributed by atoms with E-state index in [9.17, 15) is 14.9 Å². The van der Waals surface area contributed by atoms with Crippen LogP contribution in [-0.4, -0.2) is 37.5 Å². The van der Waals surface area contributed by atoms with Gasteiger partial charge in [-0.1, -0.05) is 5.21 Å². The van der Waals surface area contributed by atoms with E-state index in [4.69, 9.17) is 4.74 Å². The van der Waals surface area contributed by atoms with Gasteiger partial charge in [-0.25, -0.2) is 14.5 Å². The van der Waals surface area contributed by atoms with Crippen LogP contribution in [0.2, 0.25) is 0 Å². The molecule has 20 heavy (non-hydrogen) atoms. The zero-order chi connectivity index (χ0) is 14.7. The number of esters is 1. The predicted octanol–water partition coefficient (Wildman–Crippen LogP) is 1.06. The summed E-state index contributed by atoms with van der Waals surface area (Å²) in [5, 5.41) is 18.1. The standard InChI is InChI=1S/C11H11N5O4/c1-3-20-11(17)8-6-15(14-13-8)10-4-7(2)9(5-12-10)16(18)19/h4-6H,3H2,1-2H3. The fourth-order valence-electron chi connectivity index (χ4n) is 1.52. The van der Waals surface area contributed by atoms with Gasteiger partial charge in [-0.3, -0.25) is 10.1 Å². The third kappa shape index (κ3) is 2.60. The lowest BCUT2D eigenvalue weighted by atomic mass is 10.2. The first kappa shape index (κ1) is 13.6. The highest BCUT2D eigenvalue weighted by Crippen LogP contribution is 2.18. The van der Waals surface area contributed by atoms with Crippen LogP contribution in [-0.2, 0) is 4.74 Å². The van der Waals surface area contributed by atoms with Gasteiger partial charge in [-0.2, -0.15) is 0 Å². The van der Waals surface area contributed by atoms with Gasteiger partial charge < -0.3 is 4.74 Å². The number of aryl methyl sites for hydroxylation is 1. The maximum Gasteiger partial charge on any atom is 0.360 e. The third-order valence-corrected chi connectivity index (χ3v) is 2.48. The van der Waals surface area contributed by atoms with Crippen LogP contribution in [0.1, 0.15) is 23.0 Å². The highest BCUT2D eigenvalue weighted by molar-refractivity contribution is 5.86. The van der Waals surface area contributed by atoms with Gasteiger partial charge in [-0.15, -0.1) is 5.10 Å². The minimum absolute atomic E-state index is 0.0460. The second kappa shape index (κ2) is 5.43. The summed E-state index contributed by atoms with van der Waals surface area (Å²) < 4.78 is 6.04. The lowest BCUT2D eigenvalue weighted by Gasteiger charge is -2.01. The molecule has 0 saturated heterocycles. The Labute approximate surface area is 113 Å². The molecule has 0 aromatic carbocycles. The molecule has 0 unspecified atom stereocenters. The van der Waals surface area contributed by atoms with Crippen molar-refractivity contribution in [2.24, 2.45) is 0 Å². The van der Waals surface area contributed by atoms with E-state index in [2.05, 4.69) is 15.3 Å². The van der Waals surface area contributed by atoms with Crippen LogP contribution < -0.4 is 0 Å². The average molecular weight is 277 g/mol. The van der Waals surface area contributed by atoms with E-state index in [1.807, 2.05) is 0 Å². The molecule has 0 spiro atoms. The van der Waals surface area contributed by atoms with Crippen LogP contribution in [0.5, 0.6) is 0 Å². The first-order valence-electron chi connectivity index (χ1n) is 5.73. The van der Waals surface area contributed by atoms with Crippen molar-refractivity contribution in [1.29, 1.82) is 0 Å². The van der Waals surface area contributed by atoms with Gasteiger partial charge in [0, 0.05) is 5.56 Å². The summed E-state index contributed by atoms with van der Waals surface area (Å²) in [4.78, 5) is 25.6. The summed E-state index contributed by atoms with van der Waals surface area (Å²) in [5.74, 6) is -0.256. The van der Waals surface area contributed by atoms with Crippen molar-refractivity contribution in [2.45, 2.75) is 13.8 Å². The van der Waals surface area contributed by atoms with Crippen LogP contribution >= 0.6 is 0 Å². The van der Waals surface area contributed by atoms with Gasteiger partial charge in [0.05, 0.1) is 17.7 Å². The molecule has 0 N–H and O–H groups in total. The molecule has 0 amide bonds. The summed E-state index contributed by atoms with van der Waals surface area (Å²) in [7, 11) is 0. The van der Waals surface area contributed by atoms with Crippen LogP contribution in [0.15, 0.2) is 18.5 Å². The Morgan fingerprint density at radius 2 is 2.30 bits per heavy atom. The molecule has 9 heteroatoms. The number of pyridine rings is 1. The summed E-state index contributed by atoms with van der Waals surface area (Å²) in [5.41, 5.74) is 0.400. The molecule has 0 atom stereocenters. The number of aromatic nitrogens is 4. The molecule has 0 aliphatic carbocycles. The molecule has 104 valence electrons. The first-order chi connectivity index (χ1) is 9.52. The second-order valence-corrected chi connectivity index (χ2v) is 3.85. The Morgan fingerprint density at radius 1 is 1.55 bits per heavy atom. The molecule has 2 heterocycles. The van der Waals surface area contributed by atoms with Crippen LogP contribution in [0.25, 0.3) is 5.82 Å². The Hall–Kier alpha value is -2.84. The van der Waals surface area contributed by atoms with Crippen LogP contribution in [0.3, 0.4) is 0 Å². The molecular weight excluding hydrogens is 266 g/mol. The number of hydrogen-bond donors (Lipinski definition) is 0. The molecule has 0 aliphatic rings. The molecule has 0 aliphatic heterocycles. The lowest BCUT2D eigenvalue weighted by Crippen LogP contribution is -2.04. The topological polar surface area (TPSA) is 113 Å². The summed E-state index contributed by atoms with van der Waals surface area (Å²) >= 11 is 0. The Balaban J connectivity index is 2.31.